The standard InChI is InChI=1S/C7H5ClN4O2/c8-6-1-2-7(12(13)14)5(3-6)4-10-11-9/h1-3H,4H2. The lowest BCUT2D eigenvalue weighted by molar-refractivity contribution is -0.385. The van der Waals surface area contributed by atoms with E-state index in [1.54, 1.807) is 0 Å². The maximum absolute atomic E-state index is 10.5. The number of nitro groups is 1. The second-order valence-corrected chi connectivity index (χ2v) is 2.86. The third-order valence-corrected chi connectivity index (χ3v) is 1.78. The highest BCUT2D eigenvalue weighted by Gasteiger charge is 2.12. The van der Waals surface area contributed by atoms with Crippen molar-refractivity contribution in [3.63, 3.8) is 0 Å². The highest BCUT2D eigenvalue weighted by Crippen LogP contribution is 2.23. The van der Waals surface area contributed by atoms with Crippen LogP contribution in [0.1, 0.15) is 5.56 Å². The highest BCUT2D eigenvalue weighted by atomic mass is 35.5. The molecule has 0 amide bonds. The van der Waals surface area contributed by atoms with Crippen molar-refractivity contribution in [2.75, 3.05) is 0 Å². The normalized spacial score (nSPS) is 9.21. The molecular formula is C7H5ClN4O2. The Morgan fingerprint density at radius 3 is 2.93 bits per heavy atom. The van der Waals surface area contributed by atoms with Gasteiger partial charge in [-0.3, -0.25) is 10.1 Å². The van der Waals surface area contributed by atoms with E-state index in [0.29, 0.717) is 10.6 Å². The summed E-state index contributed by atoms with van der Waals surface area (Å²) in [5.41, 5.74) is 8.29. The Hall–Kier alpha value is -1.78. The fourth-order valence-corrected chi connectivity index (χ4v) is 1.16. The van der Waals surface area contributed by atoms with Gasteiger partial charge in [0.2, 0.25) is 0 Å². The van der Waals surface area contributed by atoms with Crippen LogP contribution < -0.4 is 0 Å². The molecule has 7 heteroatoms. The van der Waals surface area contributed by atoms with E-state index in [4.69, 9.17) is 17.1 Å². The number of nitrogens with zero attached hydrogens (tertiary/aromatic N) is 4. The topological polar surface area (TPSA) is 91.9 Å². The summed E-state index contributed by atoms with van der Waals surface area (Å²) in [7, 11) is 0. The average Bonchev–Trinajstić information content (AvgIpc) is 2.14. The first-order chi connectivity index (χ1) is 6.65. The van der Waals surface area contributed by atoms with E-state index >= 15 is 0 Å². The van der Waals surface area contributed by atoms with Crippen molar-refractivity contribution in [1.82, 2.24) is 0 Å². The highest BCUT2D eigenvalue weighted by molar-refractivity contribution is 6.30. The monoisotopic (exact) mass is 212 g/mol. The third-order valence-electron chi connectivity index (χ3n) is 1.54. The van der Waals surface area contributed by atoms with Crippen LogP contribution in [0.3, 0.4) is 0 Å². The fourth-order valence-electron chi connectivity index (χ4n) is 0.967. The van der Waals surface area contributed by atoms with Crippen LogP contribution >= 0.6 is 11.6 Å². The quantitative estimate of drug-likeness (QED) is 0.253. The van der Waals surface area contributed by atoms with Gasteiger partial charge in [-0.15, -0.1) is 0 Å². The molecule has 0 spiro atoms. The lowest BCUT2D eigenvalue weighted by Gasteiger charge is -1.98. The van der Waals surface area contributed by atoms with Gasteiger partial charge in [0.25, 0.3) is 5.69 Å². The molecule has 0 aliphatic rings. The van der Waals surface area contributed by atoms with Crippen molar-refractivity contribution in [2.45, 2.75) is 6.54 Å². The van der Waals surface area contributed by atoms with Crippen LogP contribution in [0.4, 0.5) is 5.69 Å². The van der Waals surface area contributed by atoms with Crippen LogP contribution in [0.5, 0.6) is 0 Å². The van der Waals surface area contributed by atoms with Crippen molar-refractivity contribution < 1.29 is 4.92 Å². The Labute approximate surface area is 83.9 Å². The fraction of sp³-hybridized carbons (Fsp3) is 0.143. The molecular weight excluding hydrogens is 208 g/mol. The molecule has 0 aromatic heterocycles. The average molecular weight is 213 g/mol. The molecule has 0 saturated heterocycles. The number of halogens is 1. The van der Waals surface area contributed by atoms with Crippen LogP contribution in [0, 0.1) is 10.1 Å². The summed E-state index contributed by atoms with van der Waals surface area (Å²) >= 11 is 5.64. The van der Waals surface area contributed by atoms with E-state index in [9.17, 15) is 10.1 Å². The smallest absolute Gasteiger partial charge is 0.258 e. The molecule has 6 nitrogen and oxygen atoms in total. The van der Waals surface area contributed by atoms with Crippen LogP contribution in [-0.2, 0) is 6.54 Å². The molecule has 0 radical (unpaired) electrons. The van der Waals surface area contributed by atoms with E-state index in [1.807, 2.05) is 0 Å². The summed E-state index contributed by atoms with van der Waals surface area (Å²) in [6, 6.07) is 4.11. The minimum Gasteiger partial charge on any atom is -0.258 e. The van der Waals surface area contributed by atoms with Gasteiger partial charge in [0, 0.05) is 21.6 Å². The van der Waals surface area contributed by atoms with Crippen LogP contribution in [-0.4, -0.2) is 4.92 Å². The van der Waals surface area contributed by atoms with E-state index in [-0.39, 0.29) is 12.2 Å². The van der Waals surface area contributed by atoms with E-state index < -0.39 is 4.92 Å². The Bertz CT molecular complexity index is 414. The first kappa shape index (κ1) is 10.3. The first-order valence-electron chi connectivity index (χ1n) is 3.59. The van der Waals surface area contributed by atoms with Gasteiger partial charge in [-0.25, -0.2) is 0 Å². The molecule has 0 N–H and O–H groups in total. The summed E-state index contributed by atoms with van der Waals surface area (Å²) in [6.45, 7) is -0.0760. The van der Waals surface area contributed by atoms with Gasteiger partial charge in [0.1, 0.15) is 0 Å². The molecule has 0 saturated carbocycles. The minimum absolute atomic E-state index is 0.0760. The lowest BCUT2D eigenvalue weighted by atomic mass is 10.2. The van der Waals surface area contributed by atoms with Crippen molar-refractivity contribution in [3.05, 3.63) is 49.3 Å². The van der Waals surface area contributed by atoms with Crippen LogP contribution in [0.25, 0.3) is 10.4 Å². The van der Waals surface area contributed by atoms with E-state index in [2.05, 4.69) is 10.0 Å². The van der Waals surface area contributed by atoms with Crippen LogP contribution in [0.2, 0.25) is 5.02 Å². The molecule has 14 heavy (non-hydrogen) atoms. The molecule has 0 fully saturated rings. The van der Waals surface area contributed by atoms with Gasteiger partial charge in [-0.1, -0.05) is 16.7 Å². The van der Waals surface area contributed by atoms with Crippen molar-refractivity contribution in [2.24, 2.45) is 5.11 Å². The Balaban J connectivity index is 3.15. The molecule has 1 aromatic rings. The van der Waals surface area contributed by atoms with Gasteiger partial charge < -0.3 is 0 Å². The van der Waals surface area contributed by atoms with Crippen molar-refractivity contribution in [3.8, 4) is 0 Å². The zero-order valence-corrected chi connectivity index (χ0v) is 7.68. The molecule has 0 unspecified atom stereocenters. The Morgan fingerprint density at radius 1 is 1.64 bits per heavy atom. The molecule has 1 rings (SSSR count). The lowest BCUT2D eigenvalue weighted by Crippen LogP contribution is -1.93. The minimum atomic E-state index is -0.543. The number of benzene rings is 1. The maximum Gasteiger partial charge on any atom is 0.272 e. The molecule has 0 aliphatic heterocycles. The first-order valence-corrected chi connectivity index (χ1v) is 3.96. The van der Waals surface area contributed by atoms with Gasteiger partial charge >= 0.3 is 0 Å². The second kappa shape index (κ2) is 4.45. The summed E-state index contributed by atoms with van der Waals surface area (Å²) in [5, 5.41) is 14.1. The number of rotatable bonds is 3. The SMILES string of the molecule is [N-]=[N+]=NCc1cc(Cl)ccc1[N+](=O)[O-]. The molecule has 0 atom stereocenters. The van der Waals surface area contributed by atoms with E-state index in [1.165, 1.54) is 18.2 Å². The van der Waals surface area contributed by atoms with Crippen molar-refractivity contribution >= 4 is 17.3 Å². The van der Waals surface area contributed by atoms with Gasteiger partial charge in [-0.05, 0) is 17.7 Å². The Morgan fingerprint density at radius 2 is 2.36 bits per heavy atom. The summed E-state index contributed by atoms with van der Waals surface area (Å²) in [5.74, 6) is 0. The molecule has 1 aromatic carbocycles. The van der Waals surface area contributed by atoms with Crippen LogP contribution in [0.15, 0.2) is 23.3 Å². The number of hydrogen-bond donors (Lipinski definition) is 0. The number of hydrogen-bond acceptors (Lipinski definition) is 3. The van der Waals surface area contributed by atoms with E-state index in [0.717, 1.165) is 0 Å². The van der Waals surface area contributed by atoms with Gasteiger partial charge in [-0.2, -0.15) is 0 Å². The second-order valence-electron chi connectivity index (χ2n) is 2.42. The summed E-state index contributed by atoms with van der Waals surface area (Å²) in [4.78, 5) is 12.5. The predicted molar refractivity (Wildman–Crippen MR) is 51.0 cm³/mol. The van der Waals surface area contributed by atoms with Crippen molar-refractivity contribution in [1.29, 1.82) is 0 Å². The molecule has 0 bridgehead atoms. The number of nitro benzene ring substituents is 1. The molecule has 0 aliphatic carbocycles. The zero-order valence-electron chi connectivity index (χ0n) is 6.92. The van der Waals surface area contributed by atoms with Gasteiger partial charge in [0.15, 0.2) is 0 Å². The largest absolute Gasteiger partial charge is 0.272 e. The Kier molecular flexibility index (Phi) is 3.28. The maximum atomic E-state index is 10.5. The molecule has 72 valence electrons. The number of azide groups is 1. The summed E-state index contributed by atoms with van der Waals surface area (Å²) in [6.07, 6.45) is 0. The van der Waals surface area contributed by atoms with Gasteiger partial charge in [0.05, 0.1) is 11.5 Å². The third kappa shape index (κ3) is 2.35. The predicted octanol–water partition coefficient (Wildman–Crippen LogP) is 3.06. The zero-order chi connectivity index (χ0) is 10.6. The molecule has 0 heterocycles. The summed E-state index contributed by atoms with van der Waals surface area (Å²) < 4.78 is 0.